The van der Waals surface area contributed by atoms with Gasteiger partial charge in [0.25, 0.3) is 0 Å². The first kappa shape index (κ1) is 42.2. The molecule has 0 amide bonds. The van der Waals surface area contributed by atoms with E-state index in [1.54, 1.807) is 0 Å². The number of hydrogen-bond acceptors (Lipinski definition) is 7. The van der Waals surface area contributed by atoms with Crippen LogP contribution in [-0.2, 0) is 38.4 Å². The second kappa shape index (κ2) is 15.6. The first-order valence-corrected chi connectivity index (χ1v) is 22.0. The Morgan fingerprint density at radius 3 is 1.12 bits per heavy atom. The molecule has 9 heteroatoms. The van der Waals surface area contributed by atoms with E-state index >= 15 is 0 Å². The van der Waals surface area contributed by atoms with Crippen molar-refractivity contribution in [3.8, 4) is 11.5 Å². The van der Waals surface area contributed by atoms with Crippen molar-refractivity contribution < 1.29 is 32.1 Å². The molecule has 0 saturated heterocycles. The number of benzene rings is 2. The molecule has 2 atom stereocenters. The third-order valence-electron chi connectivity index (χ3n) is 15.7. The minimum atomic E-state index is -1.75. The summed E-state index contributed by atoms with van der Waals surface area (Å²) in [6.45, 7) is 13.6. The van der Waals surface area contributed by atoms with Crippen LogP contribution in [0, 0.1) is 50.8 Å². The standard InChI is InChI=1S/C48H66N2O2.Co.NO3/c1-45(2,3)37-17-35(43(51)39(19-37)47-21-29-11-30(22-47)13-31(12-29)23-47)27-49-41-9-7-8-10-42(41)50-28-36-18-38(46(4,5)6)20-40(44(36)52)48-24-32-14-33(25-48)16-34(15-32)26-48;;2-1(3)4/h17-20,27-34,41-42,51-52H,7-16,21-26H2,1-6H3;;/q;+3;-1/p-2/t29?,30?,31?,32?,33?,34?,41-,42-,47?,48?;;/m1../s1. The van der Waals surface area contributed by atoms with Crippen LogP contribution >= 0.6 is 0 Å². The van der Waals surface area contributed by atoms with Gasteiger partial charge in [-0.2, -0.15) is 0 Å². The van der Waals surface area contributed by atoms with Gasteiger partial charge in [-0.3, -0.25) is 9.98 Å². The maximum atomic E-state index is 14.5. The molecule has 310 valence electrons. The average Bonchev–Trinajstić information content (AvgIpc) is 3.08. The van der Waals surface area contributed by atoms with Crippen molar-refractivity contribution in [1.82, 2.24) is 0 Å². The molecule has 11 rings (SSSR count). The fourth-order valence-corrected chi connectivity index (χ4v) is 13.8. The molecule has 0 unspecified atom stereocenters. The Labute approximate surface area is 351 Å². The van der Waals surface area contributed by atoms with Crippen LogP contribution in [0.2, 0.25) is 0 Å². The van der Waals surface area contributed by atoms with E-state index in [1.807, 2.05) is 12.4 Å². The van der Waals surface area contributed by atoms with Crippen LogP contribution in [-0.4, -0.2) is 29.6 Å². The monoisotopic (exact) mass is 821 g/mol. The molecule has 0 spiro atoms. The minimum absolute atomic E-state index is 0. The zero-order valence-electron chi connectivity index (χ0n) is 35.1. The summed E-state index contributed by atoms with van der Waals surface area (Å²) in [6.07, 6.45) is 23.5. The van der Waals surface area contributed by atoms with Crippen molar-refractivity contribution in [1.29, 1.82) is 0 Å². The molecule has 9 saturated carbocycles. The first-order chi connectivity index (χ1) is 26.4. The van der Waals surface area contributed by atoms with E-state index in [4.69, 9.17) is 25.3 Å². The maximum absolute atomic E-state index is 14.5. The summed E-state index contributed by atoms with van der Waals surface area (Å²) in [7, 11) is 0. The van der Waals surface area contributed by atoms with Crippen molar-refractivity contribution in [3.63, 3.8) is 0 Å². The Balaban J connectivity index is 0.000000949. The van der Waals surface area contributed by atoms with Gasteiger partial charge in [-0.1, -0.05) is 90.1 Å². The Bertz CT molecular complexity index is 1680. The van der Waals surface area contributed by atoms with Crippen LogP contribution in [0.4, 0.5) is 0 Å². The van der Waals surface area contributed by atoms with E-state index in [0.717, 1.165) is 83.4 Å². The number of rotatable bonds is 6. The fourth-order valence-electron chi connectivity index (χ4n) is 13.8. The van der Waals surface area contributed by atoms with Gasteiger partial charge in [0.1, 0.15) is 0 Å². The summed E-state index contributed by atoms with van der Waals surface area (Å²) in [5.41, 5.74) is 6.27. The van der Waals surface area contributed by atoms with Gasteiger partial charge in [-0.05, 0) is 180 Å². The van der Waals surface area contributed by atoms with Crippen molar-refractivity contribution in [3.05, 3.63) is 73.0 Å². The normalized spacial score (nSPS) is 35.3. The van der Waals surface area contributed by atoms with Gasteiger partial charge in [0.15, 0.2) is 0 Å². The van der Waals surface area contributed by atoms with E-state index < -0.39 is 5.09 Å². The van der Waals surface area contributed by atoms with Gasteiger partial charge in [-0.25, -0.2) is 0 Å². The van der Waals surface area contributed by atoms with Crippen LogP contribution in [0.5, 0.6) is 11.5 Å². The van der Waals surface area contributed by atoms with Crippen molar-refractivity contribution in [2.75, 3.05) is 0 Å². The summed E-state index contributed by atoms with van der Waals surface area (Å²) in [5.74, 6) is 5.22. The molecule has 9 aliphatic rings. The van der Waals surface area contributed by atoms with Crippen molar-refractivity contribution in [2.24, 2.45) is 45.5 Å². The zero-order chi connectivity index (χ0) is 39.8. The van der Waals surface area contributed by atoms with E-state index in [1.165, 1.54) is 88.2 Å². The van der Waals surface area contributed by atoms with E-state index in [2.05, 4.69) is 65.8 Å². The first-order valence-electron chi connectivity index (χ1n) is 22.0. The van der Waals surface area contributed by atoms with Gasteiger partial charge in [-0.15, -0.1) is 0 Å². The summed E-state index contributed by atoms with van der Waals surface area (Å²) in [6, 6.07) is 8.95. The van der Waals surface area contributed by atoms with Gasteiger partial charge in [0.05, 0.1) is 17.2 Å². The second-order valence-electron chi connectivity index (χ2n) is 22.0. The van der Waals surface area contributed by atoms with E-state index in [-0.39, 0.29) is 62.0 Å². The van der Waals surface area contributed by atoms with Gasteiger partial charge in [0, 0.05) is 12.4 Å². The molecule has 0 N–H and O–H groups in total. The van der Waals surface area contributed by atoms with Gasteiger partial charge >= 0.3 is 16.8 Å². The fraction of sp³-hybridized carbons (Fsp3) is 0.708. The molecule has 0 aliphatic heterocycles. The molecule has 2 aromatic rings. The van der Waals surface area contributed by atoms with Crippen LogP contribution in [0.1, 0.15) is 178 Å². The van der Waals surface area contributed by atoms with Crippen LogP contribution in [0.3, 0.4) is 0 Å². The number of hydrogen-bond donors (Lipinski definition) is 0. The largest absolute Gasteiger partial charge is 3.00 e. The Kier molecular flexibility index (Phi) is 11.6. The molecule has 9 aliphatic carbocycles. The van der Waals surface area contributed by atoms with Crippen LogP contribution < -0.4 is 10.2 Å². The van der Waals surface area contributed by atoms with E-state index in [9.17, 15) is 10.2 Å². The Morgan fingerprint density at radius 2 is 0.860 bits per heavy atom. The minimum Gasteiger partial charge on any atom is -0.872 e. The average molecular weight is 822 g/mol. The molecule has 9 fully saturated rings. The molecule has 0 radical (unpaired) electrons. The second-order valence-corrected chi connectivity index (χ2v) is 22.0. The zero-order valence-corrected chi connectivity index (χ0v) is 36.2. The molecule has 8 bridgehead atoms. The van der Waals surface area contributed by atoms with Gasteiger partial charge in [0.2, 0.25) is 0 Å². The maximum Gasteiger partial charge on any atom is 3.00 e. The summed E-state index contributed by atoms with van der Waals surface area (Å²) in [5, 5.41) is 43.7. The molecular weight excluding hydrogens is 757 g/mol. The molecular formula is C48H64CoN3O5. The molecule has 2 aromatic carbocycles. The Hall–Kier alpha value is -2.91. The number of aliphatic imine (C=N–C) groups is 2. The predicted octanol–water partition coefficient (Wildman–Crippen LogP) is 9.97. The summed E-state index contributed by atoms with van der Waals surface area (Å²) >= 11 is 0. The third kappa shape index (κ3) is 8.44. The molecule has 0 aromatic heterocycles. The third-order valence-corrected chi connectivity index (χ3v) is 15.7. The molecule has 0 heterocycles. The quantitative estimate of drug-likeness (QED) is 0.162. The Morgan fingerprint density at radius 1 is 0.579 bits per heavy atom. The SMILES string of the molecule is CC(C)(C)c1cc(C=N[C@@H]2CCCC[C@H]2N=Cc2cc(C(C)(C)C)cc(C34CC5CC(CC(C5)C3)C4)c2[O-])c([O-])c(C23CC4CC(CC(C4)C2)C3)c1.O=[N+]([O-])[O-].[Co+3]. The topological polar surface area (TPSA) is 137 Å². The van der Waals surface area contributed by atoms with Crippen LogP contribution in [0.25, 0.3) is 0 Å². The van der Waals surface area contributed by atoms with Crippen molar-refractivity contribution in [2.45, 2.75) is 178 Å². The number of nitrogens with zero attached hydrogens (tertiary/aromatic N) is 3. The smallest absolute Gasteiger partial charge is 0.872 e. The van der Waals surface area contributed by atoms with E-state index in [0.29, 0.717) is 0 Å². The van der Waals surface area contributed by atoms with Gasteiger partial charge < -0.3 is 25.5 Å². The summed E-state index contributed by atoms with van der Waals surface area (Å²) in [4.78, 5) is 18.7. The predicted molar refractivity (Wildman–Crippen MR) is 220 cm³/mol. The molecule has 57 heavy (non-hydrogen) atoms. The summed E-state index contributed by atoms with van der Waals surface area (Å²) < 4.78 is 0. The van der Waals surface area contributed by atoms with Crippen molar-refractivity contribution >= 4 is 12.4 Å². The van der Waals surface area contributed by atoms with Crippen LogP contribution in [0.15, 0.2) is 34.3 Å². The molecule has 8 nitrogen and oxygen atoms in total.